The molecule has 2 heterocycles. The van der Waals surface area contributed by atoms with Crippen LogP contribution in [0.4, 0.5) is 10.1 Å². The van der Waals surface area contributed by atoms with E-state index in [4.69, 9.17) is 16.3 Å². The van der Waals surface area contributed by atoms with Crippen molar-refractivity contribution in [3.63, 3.8) is 0 Å². The van der Waals surface area contributed by atoms with Gasteiger partial charge in [-0.25, -0.2) is 17.8 Å². The summed E-state index contributed by atoms with van der Waals surface area (Å²) in [4.78, 5) is 28.8. The Morgan fingerprint density at radius 2 is 1.97 bits per heavy atom. The number of nitrogens with zero attached hydrogens (tertiary/aromatic N) is 3. The number of benzene rings is 1. The Morgan fingerprint density at radius 1 is 1.31 bits per heavy atom. The van der Waals surface area contributed by atoms with Gasteiger partial charge in [-0.05, 0) is 44.9 Å². The van der Waals surface area contributed by atoms with Crippen LogP contribution in [0.15, 0.2) is 29.4 Å². The maximum atomic E-state index is 13.8. The van der Waals surface area contributed by atoms with Gasteiger partial charge >= 0.3 is 5.97 Å². The molecule has 0 bridgehead atoms. The fourth-order valence-corrected chi connectivity index (χ4v) is 4.92. The molecule has 1 saturated heterocycles. The molecule has 9 nitrogen and oxygen atoms in total. The molecule has 1 amide bonds. The number of hydrogen-bond acceptors (Lipinski definition) is 6. The van der Waals surface area contributed by atoms with E-state index in [0.717, 1.165) is 6.07 Å². The number of ether oxygens (including phenoxy) is 1. The number of nitrogens with one attached hydrogen (secondary N) is 1. The summed E-state index contributed by atoms with van der Waals surface area (Å²) in [5.74, 6) is -1.97. The highest BCUT2D eigenvalue weighted by Crippen LogP contribution is 2.25. The third-order valence-corrected chi connectivity index (χ3v) is 7.33. The van der Waals surface area contributed by atoms with Gasteiger partial charge in [0.1, 0.15) is 11.6 Å². The van der Waals surface area contributed by atoms with Crippen LogP contribution in [0.3, 0.4) is 0 Å². The molecule has 3 rings (SSSR count). The van der Waals surface area contributed by atoms with E-state index in [1.165, 1.54) is 29.6 Å². The molecule has 2 aromatic rings. The number of halogens is 2. The normalized spacial score (nSPS) is 16.5. The largest absolute Gasteiger partial charge is 0.452 e. The Morgan fingerprint density at radius 3 is 2.53 bits per heavy atom. The van der Waals surface area contributed by atoms with Crippen LogP contribution in [0.1, 0.15) is 25.6 Å². The SMILES string of the molecule is Cc1nc(S(=O)(=O)N2CCC(C(=O)OC(C)C(=O)Nc3ccc(Cl)cc3F)CC2)cn1C. The van der Waals surface area contributed by atoms with Crippen molar-refractivity contribution >= 4 is 39.2 Å². The Hall–Kier alpha value is -2.50. The van der Waals surface area contributed by atoms with Gasteiger partial charge in [0.15, 0.2) is 11.1 Å². The van der Waals surface area contributed by atoms with Gasteiger partial charge < -0.3 is 14.6 Å². The minimum absolute atomic E-state index is 0.0294. The number of amides is 1. The van der Waals surface area contributed by atoms with E-state index in [1.807, 2.05) is 0 Å². The van der Waals surface area contributed by atoms with Crippen molar-refractivity contribution in [1.29, 1.82) is 0 Å². The number of aryl methyl sites for hydroxylation is 2. The first-order valence-corrected chi connectivity index (χ1v) is 11.8. The van der Waals surface area contributed by atoms with E-state index < -0.39 is 39.7 Å². The van der Waals surface area contributed by atoms with Crippen molar-refractivity contribution in [2.75, 3.05) is 18.4 Å². The van der Waals surface area contributed by atoms with Gasteiger partial charge in [-0.1, -0.05) is 11.6 Å². The number of carbonyl (C=O) groups is 2. The first-order valence-electron chi connectivity index (χ1n) is 9.95. The summed E-state index contributed by atoms with van der Waals surface area (Å²) in [6, 6.07) is 3.79. The first-order chi connectivity index (χ1) is 15.0. The van der Waals surface area contributed by atoms with Gasteiger partial charge in [0.05, 0.1) is 11.6 Å². The van der Waals surface area contributed by atoms with E-state index in [2.05, 4.69) is 10.3 Å². The number of anilines is 1. The quantitative estimate of drug-likeness (QED) is 0.628. The molecule has 174 valence electrons. The number of sulfonamides is 1. The summed E-state index contributed by atoms with van der Waals surface area (Å²) < 4.78 is 47.5. The van der Waals surface area contributed by atoms with Crippen LogP contribution in [0.5, 0.6) is 0 Å². The lowest BCUT2D eigenvalue weighted by molar-refractivity contribution is -0.158. The Bertz CT molecular complexity index is 1110. The third-order valence-electron chi connectivity index (χ3n) is 5.33. The number of imidazole rings is 1. The molecule has 1 aromatic carbocycles. The van der Waals surface area contributed by atoms with Crippen LogP contribution in [0.25, 0.3) is 0 Å². The highest BCUT2D eigenvalue weighted by Gasteiger charge is 2.35. The second-order valence-electron chi connectivity index (χ2n) is 7.61. The summed E-state index contributed by atoms with van der Waals surface area (Å²) in [7, 11) is -2.04. The maximum absolute atomic E-state index is 13.8. The molecular formula is C20H24ClFN4O5S. The van der Waals surface area contributed by atoms with Crippen LogP contribution < -0.4 is 5.32 Å². The standard InChI is InChI=1S/C20H24ClFN4O5S/c1-12(19(27)24-17-5-4-15(21)10-16(17)22)31-20(28)14-6-8-26(9-7-14)32(29,30)18-11-25(3)13(2)23-18/h4-5,10-12,14H,6-9H2,1-3H3,(H,24,27). The number of carbonyl (C=O) groups excluding carboxylic acids is 2. The molecule has 0 spiro atoms. The number of rotatable bonds is 6. The maximum Gasteiger partial charge on any atom is 0.309 e. The summed E-state index contributed by atoms with van der Waals surface area (Å²) in [6.07, 6.45) is 0.805. The van der Waals surface area contributed by atoms with Gasteiger partial charge in [0.25, 0.3) is 15.9 Å². The molecule has 32 heavy (non-hydrogen) atoms. The predicted octanol–water partition coefficient (Wildman–Crippen LogP) is 2.49. The zero-order valence-electron chi connectivity index (χ0n) is 17.8. The lowest BCUT2D eigenvalue weighted by atomic mass is 9.98. The Labute approximate surface area is 190 Å². The molecule has 0 saturated carbocycles. The van der Waals surface area contributed by atoms with Gasteiger partial charge in [0.2, 0.25) is 0 Å². The average molecular weight is 487 g/mol. The summed E-state index contributed by atoms with van der Waals surface area (Å²) in [5.41, 5.74) is -0.0782. The number of piperidine rings is 1. The van der Waals surface area contributed by atoms with E-state index >= 15 is 0 Å². The predicted molar refractivity (Wildman–Crippen MR) is 115 cm³/mol. The molecule has 1 aromatic heterocycles. The minimum atomic E-state index is -3.75. The first kappa shape index (κ1) is 24.1. The van der Waals surface area contributed by atoms with Crippen molar-refractivity contribution in [1.82, 2.24) is 13.9 Å². The van der Waals surface area contributed by atoms with Crippen molar-refractivity contribution < 1.29 is 27.1 Å². The van der Waals surface area contributed by atoms with E-state index in [9.17, 15) is 22.4 Å². The van der Waals surface area contributed by atoms with Crippen LogP contribution in [-0.4, -0.2) is 53.3 Å². The summed E-state index contributed by atoms with van der Waals surface area (Å²) in [6.45, 7) is 3.35. The van der Waals surface area contributed by atoms with E-state index in [0.29, 0.717) is 5.82 Å². The Balaban J connectivity index is 1.54. The van der Waals surface area contributed by atoms with Crippen molar-refractivity contribution in [2.45, 2.75) is 37.8 Å². The fraction of sp³-hybridized carbons (Fsp3) is 0.450. The fourth-order valence-electron chi connectivity index (χ4n) is 3.26. The molecule has 0 aliphatic carbocycles. The molecule has 1 unspecified atom stereocenters. The smallest absolute Gasteiger partial charge is 0.309 e. The lowest BCUT2D eigenvalue weighted by Crippen LogP contribution is -2.41. The number of hydrogen-bond donors (Lipinski definition) is 1. The zero-order valence-corrected chi connectivity index (χ0v) is 19.4. The Kier molecular flexibility index (Phi) is 7.21. The number of esters is 1. The highest BCUT2D eigenvalue weighted by molar-refractivity contribution is 7.89. The molecule has 1 N–H and O–H groups in total. The zero-order chi connectivity index (χ0) is 23.6. The molecule has 1 aliphatic rings. The molecule has 0 radical (unpaired) electrons. The van der Waals surface area contributed by atoms with Crippen LogP contribution in [0, 0.1) is 18.7 Å². The molecular weight excluding hydrogens is 463 g/mol. The number of aromatic nitrogens is 2. The molecule has 1 fully saturated rings. The van der Waals surface area contributed by atoms with Gasteiger partial charge in [-0.2, -0.15) is 4.31 Å². The van der Waals surface area contributed by atoms with Crippen LogP contribution in [0.2, 0.25) is 5.02 Å². The van der Waals surface area contributed by atoms with Crippen LogP contribution >= 0.6 is 11.6 Å². The van der Waals surface area contributed by atoms with Gasteiger partial charge in [-0.3, -0.25) is 9.59 Å². The molecule has 12 heteroatoms. The minimum Gasteiger partial charge on any atom is -0.452 e. The highest BCUT2D eigenvalue weighted by atomic mass is 35.5. The topological polar surface area (TPSA) is 111 Å². The van der Waals surface area contributed by atoms with E-state index in [-0.39, 0.29) is 41.7 Å². The average Bonchev–Trinajstić information content (AvgIpc) is 3.09. The van der Waals surface area contributed by atoms with Gasteiger partial charge in [0, 0.05) is 31.4 Å². The second-order valence-corrected chi connectivity index (χ2v) is 9.93. The van der Waals surface area contributed by atoms with Crippen molar-refractivity contribution in [3.8, 4) is 0 Å². The second kappa shape index (κ2) is 9.55. The monoisotopic (exact) mass is 486 g/mol. The molecule has 1 atom stereocenters. The van der Waals surface area contributed by atoms with Crippen molar-refractivity contribution in [3.05, 3.63) is 41.1 Å². The van der Waals surface area contributed by atoms with Crippen molar-refractivity contribution in [2.24, 2.45) is 13.0 Å². The van der Waals surface area contributed by atoms with Crippen LogP contribution in [-0.2, 0) is 31.4 Å². The summed E-state index contributed by atoms with van der Waals surface area (Å²) in [5, 5.41) is 2.51. The third kappa shape index (κ3) is 5.28. The molecule has 1 aliphatic heterocycles. The van der Waals surface area contributed by atoms with Gasteiger partial charge in [-0.15, -0.1) is 0 Å². The summed E-state index contributed by atoms with van der Waals surface area (Å²) >= 11 is 5.68. The lowest BCUT2D eigenvalue weighted by Gasteiger charge is -2.30. The van der Waals surface area contributed by atoms with E-state index in [1.54, 1.807) is 18.5 Å².